The van der Waals surface area contributed by atoms with Crippen molar-refractivity contribution in [3.05, 3.63) is 66.0 Å². The van der Waals surface area contributed by atoms with Crippen LogP contribution in [-0.4, -0.2) is 54.4 Å². The largest absolute Gasteiger partial charge is 0.493 e. The van der Waals surface area contributed by atoms with Gasteiger partial charge in [0.2, 0.25) is 5.91 Å². The predicted molar refractivity (Wildman–Crippen MR) is 116 cm³/mol. The topological polar surface area (TPSA) is 49.9 Å². The van der Waals surface area contributed by atoms with Crippen LogP contribution in [0.2, 0.25) is 0 Å². The average molecular weight is 425 g/mol. The molecule has 0 spiro atoms. The van der Waals surface area contributed by atoms with Gasteiger partial charge in [-0.2, -0.15) is 0 Å². The number of amides is 2. The molecule has 2 fully saturated rings. The molecule has 6 heteroatoms. The fraction of sp³-hybridized carbons (Fsp3) is 0.440. The van der Waals surface area contributed by atoms with E-state index in [9.17, 15) is 14.0 Å². The van der Waals surface area contributed by atoms with Gasteiger partial charge in [-0.3, -0.25) is 9.59 Å². The number of ether oxygens (including phenoxy) is 1. The summed E-state index contributed by atoms with van der Waals surface area (Å²) in [6, 6.07) is 15.4. The maximum Gasteiger partial charge on any atom is 0.253 e. The second-order valence-electron chi connectivity index (χ2n) is 8.49. The number of benzene rings is 2. The molecule has 5 nitrogen and oxygen atoms in total. The number of para-hydroxylation sites is 1. The van der Waals surface area contributed by atoms with Crippen molar-refractivity contribution in [2.45, 2.75) is 25.7 Å². The maximum absolute atomic E-state index is 13.1. The van der Waals surface area contributed by atoms with Gasteiger partial charge in [0, 0.05) is 31.7 Å². The lowest BCUT2D eigenvalue weighted by Gasteiger charge is -2.37. The summed E-state index contributed by atoms with van der Waals surface area (Å²) in [5, 5.41) is 0. The minimum atomic E-state index is -0.360. The highest BCUT2D eigenvalue weighted by molar-refractivity contribution is 5.94. The number of likely N-dealkylation sites (tertiary alicyclic amines) is 2. The average Bonchev–Trinajstić information content (AvgIpc) is 2.83. The van der Waals surface area contributed by atoms with Crippen molar-refractivity contribution in [1.29, 1.82) is 0 Å². The Kier molecular flexibility index (Phi) is 6.85. The molecular weight excluding hydrogens is 395 g/mol. The molecule has 0 aliphatic carbocycles. The first-order chi connectivity index (χ1) is 15.1. The van der Waals surface area contributed by atoms with E-state index in [4.69, 9.17) is 4.74 Å². The number of carbonyl (C=O) groups is 2. The number of hydrogen-bond donors (Lipinski definition) is 0. The number of nitrogens with zero attached hydrogens (tertiary/aromatic N) is 2. The molecule has 0 aromatic heterocycles. The fourth-order valence-corrected chi connectivity index (χ4v) is 4.45. The predicted octanol–water partition coefficient (Wildman–Crippen LogP) is 4.00. The van der Waals surface area contributed by atoms with E-state index in [-0.39, 0.29) is 23.5 Å². The van der Waals surface area contributed by atoms with E-state index in [1.165, 1.54) is 24.3 Å². The van der Waals surface area contributed by atoms with E-state index >= 15 is 0 Å². The van der Waals surface area contributed by atoms with Crippen LogP contribution in [-0.2, 0) is 4.79 Å². The molecule has 31 heavy (non-hydrogen) atoms. The van der Waals surface area contributed by atoms with Crippen LogP contribution in [0.25, 0.3) is 0 Å². The zero-order valence-corrected chi connectivity index (χ0v) is 17.7. The highest BCUT2D eigenvalue weighted by atomic mass is 19.1. The van der Waals surface area contributed by atoms with Crippen LogP contribution in [0.15, 0.2) is 54.6 Å². The summed E-state index contributed by atoms with van der Waals surface area (Å²) >= 11 is 0. The van der Waals surface area contributed by atoms with Crippen LogP contribution in [0.5, 0.6) is 5.75 Å². The normalized spacial score (nSPS) is 19.8. The van der Waals surface area contributed by atoms with E-state index in [0.717, 1.165) is 44.5 Å². The lowest BCUT2D eigenvalue weighted by atomic mass is 9.93. The van der Waals surface area contributed by atoms with Gasteiger partial charge in [-0.25, -0.2) is 4.39 Å². The van der Waals surface area contributed by atoms with Crippen LogP contribution in [0, 0.1) is 17.7 Å². The SMILES string of the molecule is O=C(c1ccc(F)cc1)N1CCCC(C(=O)N2CCC(COc3ccccc3)CC2)C1. The van der Waals surface area contributed by atoms with Crippen LogP contribution in [0.3, 0.4) is 0 Å². The van der Waals surface area contributed by atoms with Crippen molar-refractivity contribution < 1.29 is 18.7 Å². The zero-order chi connectivity index (χ0) is 21.6. The molecule has 164 valence electrons. The molecule has 2 saturated heterocycles. The molecule has 0 radical (unpaired) electrons. The second-order valence-corrected chi connectivity index (χ2v) is 8.49. The number of rotatable bonds is 5. The summed E-state index contributed by atoms with van der Waals surface area (Å²) < 4.78 is 19.0. The summed E-state index contributed by atoms with van der Waals surface area (Å²) in [7, 11) is 0. The first-order valence-corrected chi connectivity index (χ1v) is 11.1. The Bertz CT molecular complexity index is 879. The molecule has 2 aliphatic rings. The smallest absolute Gasteiger partial charge is 0.253 e. The third kappa shape index (κ3) is 5.43. The highest BCUT2D eigenvalue weighted by Crippen LogP contribution is 2.25. The Morgan fingerprint density at radius 2 is 1.61 bits per heavy atom. The maximum atomic E-state index is 13.1. The Morgan fingerprint density at radius 3 is 2.32 bits per heavy atom. The quantitative estimate of drug-likeness (QED) is 0.729. The van der Waals surface area contributed by atoms with Crippen molar-refractivity contribution in [3.8, 4) is 5.75 Å². The molecule has 0 bridgehead atoms. The minimum absolute atomic E-state index is 0.130. The number of hydrogen-bond acceptors (Lipinski definition) is 3. The Labute approximate surface area is 182 Å². The Morgan fingerprint density at radius 1 is 0.903 bits per heavy atom. The molecule has 1 unspecified atom stereocenters. The van der Waals surface area contributed by atoms with Gasteiger partial charge in [0.25, 0.3) is 5.91 Å². The molecule has 4 rings (SSSR count). The molecule has 2 aromatic rings. The third-order valence-corrected chi connectivity index (χ3v) is 6.30. The van der Waals surface area contributed by atoms with E-state index in [0.29, 0.717) is 31.2 Å². The summed E-state index contributed by atoms with van der Waals surface area (Å²) in [6.07, 6.45) is 3.49. The van der Waals surface area contributed by atoms with Crippen molar-refractivity contribution in [3.63, 3.8) is 0 Å². The van der Waals surface area contributed by atoms with Crippen LogP contribution in [0.1, 0.15) is 36.0 Å². The van der Waals surface area contributed by atoms with E-state index in [1.54, 1.807) is 4.90 Å². The van der Waals surface area contributed by atoms with E-state index in [1.807, 2.05) is 35.2 Å². The van der Waals surface area contributed by atoms with Crippen molar-refractivity contribution >= 4 is 11.8 Å². The van der Waals surface area contributed by atoms with Crippen LogP contribution >= 0.6 is 0 Å². The van der Waals surface area contributed by atoms with Gasteiger partial charge in [-0.05, 0) is 68.0 Å². The van der Waals surface area contributed by atoms with Gasteiger partial charge in [0.1, 0.15) is 11.6 Å². The van der Waals surface area contributed by atoms with E-state index in [2.05, 4.69) is 0 Å². The van der Waals surface area contributed by atoms with E-state index < -0.39 is 0 Å². The molecule has 2 heterocycles. The van der Waals surface area contributed by atoms with Gasteiger partial charge < -0.3 is 14.5 Å². The molecule has 2 amide bonds. The van der Waals surface area contributed by atoms with Gasteiger partial charge >= 0.3 is 0 Å². The minimum Gasteiger partial charge on any atom is -0.493 e. The molecule has 2 aliphatic heterocycles. The lowest BCUT2D eigenvalue weighted by Crippen LogP contribution is -2.48. The second kappa shape index (κ2) is 9.94. The summed E-state index contributed by atoms with van der Waals surface area (Å²) in [5.74, 6) is 0.839. The molecule has 0 N–H and O–H groups in total. The first kappa shape index (κ1) is 21.3. The summed E-state index contributed by atoms with van der Waals surface area (Å²) in [6.45, 7) is 3.23. The number of carbonyl (C=O) groups excluding carboxylic acids is 2. The lowest BCUT2D eigenvalue weighted by molar-refractivity contribution is -0.138. The zero-order valence-electron chi connectivity index (χ0n) is 17.7. The van der Waals surface area contributed by atoms with Crippen molar-refractivity contribution in [2.75, 3.05) is 32.8 Å². The first-order valence-electron chi connectivity index (χ1n) is 11.1. The summed E-state index contributed by atoms with van der Waals surface area (Å²) in [5.41, 5.74) is 0.466. The van der Waals surface area contributed by atoms with Crippen molar-refractivity contribution in [1.82, 2.24) is 9.80 Å². The fourth-order valence-electron chi connectivity index (χ4n) is 4.45. The van der Waals surface area contributed by atoms with Gasteiger partial charge in [0.05, 0.1) is 12.5 Å². The van der Waals surface area contributed by atoms with Gasteiger partial charge in [-0.1, -0.05) is 18.2 Å². The Balaban J connectivity index is 1.26. The molecule has 2 aromatic carbocycles. The Hall–Kier alpha value is -2.89. The highest BCUT2D eigenvalue weighted by Gasteiger charge is 2.33. The monoisotopic (exact) mass is 424 g/mol. The third-order valence-electron chi connectivity index (χ3n) is 6.30. The molecule has 0 saturated carbocycles. The number of piperidine rings is 2. The van der Waals surface area contributed by atoms with Gasteiger partial charge in [0.15, 0.2) is 0 Å². The summed E-state index contributed by atoms with van der Waals surface area (Å²) in [4.78, 5) is 29.5. The number of halogens is 1. The molecular formula is C25H29FN2O3. The standard InChI is InChI=1S/C25H29FN2O3/c26-22-10-8-20(9-11-22)24(29)28-14-4-5-21(17-28)25(30)27-15-12-19(13-16-27)18-31-23-6-2-1-3-7-23/h1-3,6-11,19,21H,4-5,12-18H2. The van der Waals surface area contributed by atoms with Crippen LogP contribution in [0.4, 0.5) is 4.39 Å². The van der Waals surface area contributed by atoms with Gasteiger partial charge in [-0.15, -0.1) is 0 Å². The van der Waals surface area contributed by atoms with Crippen molar-refractivity contribution in [2.24, 2.45) is 11.8 Å². The van der Waals surface area contributed by atoms with Crippen LogP contribution < -0.4 is 4.74 Å². The molecule has 1 atom stereocenters.